The molecule has 0 atom stereocenters. The van der Waals surface area contributed by atoms with E-state index >= 15 is 0 Å². The molecule has 0 bridgehead atoms. The number of rotatable bonds is 1. The summed E-state index contributed by atoms with van der Waals surface area (Å²) in [5.74, 6) is 0. The highest BCUT2D eigenvalue weighted by Gasteiger charge is 2.12. The summed E-state index contributed by atoms with van der Waals surface area (Å²) >= 11 is 0. The molecule has 0 unspecified atom stereocenters. The van der Waals surface area contributed by atoms with E-state index in [-0.39, 0.29) is 6.61 Å². The number of nitriles is 1. The van der Waals surface area contributed by atoms with E-state index in [9.17, 15) is 0 Å². The molecule has 0 fully saturated rings. The highest BCUT2D eigenvalue weighted by Crippen LogP contribution is 2.26. The molecule has 3 nitrogen and oxygen atoms in total. The third-order valence-electron chi connectivity index (χ3n) is 1.95. The van der Waals surface area contributed by atoms with Gasteiger partial charge in [-0.3, -0.25) is 4.99 Å². The fourth-order valence-electron chi connectivity index (χ4n) is 1.39. The molecule has 1 aliphatic heterocycles. The lowest BCUT2D eigenvalue weighted by atomic mass is 10.1. The largest absolute Gasteiger partial charge is 0.397 e. The van der Waals surface area contributed by atoms with Gasteiger partial charge in [-0.2, -0.15) is 5.26 Å². The van der Waals surface area contributed by atoms with E-state index in [1.54, 1.807) is 6.92 Å². The number of para-hydroxylation sites is 1. The van der Waals surface area contributed by atoms with Crippen LogP contribution in [0, 0.1) is 11.3 Å². The molecule has 1 aliphatic rings. The number of benzene rings is 1. The second kappa shape index (κ2) is 5.94. The molecule has 0 saturated carbocycles. The number of nitrogens with zero attached hydrogens (tertiary/aromatic N) is 2. The summed E-state index contributed by atoms with van der Waals surface area (Å²) in [6.07, 6.45) is 1.30. The molecule has 0 aliphatic carbocycles. The van der Waals surface area contributed by atoms with Gasteiger partial charge in [-0.05, 0) is 18.6 Å². The number of hydrogen-bond donors (Lipinski definition) is 1. The Morgan fingerprint density at radius 1 is 1.47 bits per heavy atom. The predicted octanol–water partition coefficient (Wildman–Crippen LogP) is 2.23. The average Bonchev–Trinajstić information content (AvgIpc) is 2.61. The van der Waals surface area contributed by atoms with Crippen molar-refractivity contribution in [3.05, 3.63) is 29.8 Å². The Labute approximate surface area is 89.7 Å². The monoisotopic (exact) mass is 202 g/mol. The van der Waals surface area contributed by atoms with Gasteiger partial charge in [-0.25, -0.2) is 0 Å². The van der Waals surface area contributed by atoms with E-state index in [2.05, 4.69) is 17.1 Å². The lowest BCUT2D eigenvalue weighted by Gasteiger charge is -1.92. The lowest BCUT2D eigenvalue weighted by molar-refractivity contribution is 0.318. The molecule has 0 radical (unpaired) electrons. The van der Waals surface area contributed by atoms with Crippen LogP contribution in [0.5, 0.6) is 0 Å². The van der Waals surface area contributed by atoms with Crippen molar-refractivity contribution < 1.29 is 5.11 Å². The third-order valence-corrected chi connectivity index (χ3v) is 1.95. The Kier molecular flexibility index (Phi) is 4.52. The van der Waals surface area contributed by atoms with Gasteiger partial charge >= 0.3 is 0 Å². The highest BCUT2D eigenvalue weighted by molar-refractivity contribution is 5.95. The molecule has 1 heterocycles. The van der Waals surface area contributed by atoms with Crippen LogP contribution in [0.3, 0.4) is 0 Å². The quantitative estimate of drug-likeness (QED) is 0.759. The van der Waals surface area contributed by atoms with Gasteiger partial charge in [-0.15, -0.1) is 0 Å². The van der Waals surface area contributed by atoms with Crippen LogP contribution in [-0.4, -0.2) is 17.4 Å². The molecule has 0 amide bonds. The first-order valence-corrected chi connectivity index (χ1v) is 4.94. The number of fused-ring (bicyclic) bond motifs is 1. The van der Waals surface area contributed by atoms with Crippen LogP contribution in [0.2, 0.25) is 0 Å². The van der Waals surface area contributed by atoms with Crippen molar-refractivity contribution in [3.63, 3.8) is 0 Å². The average molecular weight is 202 g/mol. The summed E-state index contributed by atoms with van der Waals surface area (Å²) in [6, 6.07) is 10.1. The zero-order valence-electron chi connectivity index (χ0n) is 8.77. The normalized spacial score (nSPS) is 11.9. The van der Waals surface area contributed by atoms with Crippen LogP contribution >= 0.6 is 0 Å². The second-order valence-electron chi connectivity index (χ2n) is 3.13. The molecule has 0 spiro atoms. The summed E-state index contributed by atoms with van der Waals surface area (Å²) < 4.78 is 0. The van der Waals surface area contributed by atoms with Crippen molar-refractivity contribution in [3.8, 4) is 6.07 Å². The fourth-order valence-corrected chi connectivity index (χ4v) is 1.39. The van der Waals surface area contributed by atoms with Crippen LogP contribution in [0.25, 0.3) is 0 Å². The number of aliphatic hydroxyl groups is 1. The Morgan fingerprint density at radius 2 is 2.13 bits per heavy atom. The van der Waals surface area contributed by atoms with Gasteiger partial charge < -0.3 is 5.11 Å². The summed E-state index contributed by atoms with van der Waals surface area (Å²) in [6.45, 7) is 1.93. The molecule has 1 N–H and O–H groups in total. The summed E-state index contributed by atoms with van der Waals surface area (Å²) in [5, 5.41) is 16.0. The fraction of sp³-hybridized carbons (Fsp3) is 0.333. The van der Waals surface area contributed by atoms with E-state index in [1.807, 2.05) is 18.2 Å². The standard InChI is InChI=1S/C10H8N2.C2H6O/c11-6-5-9-7-8-3-1-2-4-10(8)12-9;1-2-3/h1-4H,5,7H2;3H,2H2,1H3. The molecule has 0 saturated heterocycles. The topological polar surface area (TPSA) is 56.4 Å². The Hall–Kier alpha value is -1.66. The molecule has 2 rings (SSSR count). The minimum atomic E-state index is 0.250. The van der Waals surface area contributed by atoms with Gasteiger partial charge in [0.1, 0.15) is 0 Å². The molecule has 78 valence electrons. The van der Waals surface area contributed by atoms with E-state index in [4.69, 9.17) is 10.4 Å². The number of aliphatic hydroxyl groups excluding tert-OH is 1. The molecule has 1 aromatic rings. The van der Waals surface area contributed by atoms with Crippen LogP contribution in [-0.2, 0) is 6.42 Å². The van der Waals surface area contributed by atoms with Gasteiger partial charge in [0.2, 0.25) is 0 Å². The smallest absolute Gasteiger partial charge is 0.0739 e. The van der Waals surface area contributed by atoms with Crippen molar-refractivity contribution in [2.24, 2.45) is 4.99 Å². The van der Waals surface area contributed by atoms with Crippen LogP contribution in [0.1, 0.15) is 18.9 Å². The van der Waals surface area contributed by atoms with Crippen molar-refractivity contribution >= 4 is 11.4 Å². The molecule has 1 aromatic carbocycles. The zero-order valence-corrected chi connectivity index (χ0v) is 8.77. The molecule has 0 aromatic heterocycles. The molecular weight excluding hydrogens is 188 g/mol. The van der Waals surface area contributed by atoms with E-state index < -0.39 is 0 Å². The first kappa shape index (κ1) is 11.4. The first-order chi connectivity index (χ1) is 7.31. The number of aliphatic imine (C=N–C) groups is 1. The molecular formula is C12H14N2O. The van der Waals surface area contributed by atoms with Crippen LogP contribution in [0.4, 0.5) is 5.69 Å². The van der Waals surface area contributed by atoms with Crippen molar-refractivity contribution in [1.29, 1.82) is 5.26 Å². The van der Waals surface area contributed by atoms with Gasteiger partial charge in [0.25, 0.3) is 0 Å². The van der Waals surface area contributed by atoms with E-state index in [1.165, 1.54) is 5.56 Å². The van der Waals surface area contributed by atoms with Crippen molar-refractivity contribution in [1.82, 2.24) is 0 Å². The van der Waals surface area contributed by atoms with E-state index in [0.29, 0.717) is 6.42 Å². The lowest BCUT2D eigenvalue weighted by Crippen LogP contribution is -1.94. The van der Waals surface area contributed by atoms with Gasteiger partial charge in [0.05, 0.1) is 18.2 Å². The second-order valence-corrected chi connectivity index (χ2v) is 3.13. The van der Waals surface area contributed by atoms with Crippen LogP contribution < -0.4 is 0 Å². The Morgan fingerprint density at radius 3 is 2.73 bits per heavy atom. The first-order valence-electron chi connectivity index (χ1n) is 4.94. The SMILES string of the molecule is CCO.N#CCC1=Nc2ccccc2C1. The maximum absolute atomic E-state index is 8.47. The molecule has 3 heteroatoms. The van der Waals surface area contributed by atoms with Gasteiger partial charge in [-0.1, -0.05) is 18.2 Å². The minimum Gasteiger partial charge on any atom is -0.397 e. The Bertz CT molecular complexity index is 391. The summed E-state index contributed by atoms with van der Waals surface area (Å²) in [5.41, 5.74) is 3.25. The van der Waals surface area contributed by atoms with Crippen molar-refractivity contribution in [2.45, 2.75) is 19.8 Å². The van der Waals surface area contributed by atoms with Crippen LogP contribution in [0.15, 0.2) is 29.3 Å². The third kappa shape index (κ3) is 3.19. The van der Waals surface area contributed by atoms with Crippen molar-refractivity contribution in [2.75, 3.05) is 6.61 Å². The summed E-state index contributed by atoms with van der Waals surface area (Å²) in [4.78, 5) is 4.34. The highest BCUT2D eigenvalue weighted by atomic mass is 16.2. The number of hydrogen-bond acceptors (Lipinski definition) is 3. The zero-order chi connectivity index (χ0) is 11.1. The molecule has 15 heavy (non-hydrogen) atoms. The summed E-state index contributed by atoms with van der Waals surface area (Å²) in [7, 11) is 0. The maximum Gasteiger partial charge on any atom is 0.0739 e. The minimum absolute atomic E-state index is 0.250. The van der Waals surface area contributed by atoms with E-state index in [0.717, 1.165) is 17.8 Å². The van der Waals surface area contributed by atoms with Gasteiger partial charge in [0, 0.05) is 18.7 Å². The van der Waals surface area contributed by atoms with Gasteiger partial charge in [0.15, 0.2) is 0 Å². The Balaban J connectivity index is 0.000000337. The maximum atomic E-state index is 8.47. The predicted molar refractivity (Wildman–Crippen MR) is 60.2 cm³/mol.